The summed E-state index contributed by atoms with van der Waals surface area (Å²) in [5.74, 6) is 0. The molecule has 1 aliphatic rings. The van der Waals surface area contributed by atoms with Gasteiger partial charge < -0.3 is 14.8 Å². The Balaban J connectivity index is 1.97. The lowest BCUT2D eigenvalue weighted by atomic mass is 10.0. The van der Waals surface area contributed by atoms with E-state index in [4.69, 9.17) is 21.1 Å². The van der Waals surface area contributed by atoms with Gasteiger partial charge in [-0.1, -0.05) is 30.7 Å². The zero-order valence-corrected chi connectivity index (χ0v) is 13.1. The van der Waals surface area contributed by atoms with Gasteiger partial charge in [0.05, 0.1) is 13.2 Å². The molecule has 1 aliphatic heterocycles. The summed E-state index contributed by atoms with van der Waals surface area (Å²) >= 11 is 6.33. The fourth-order valence-corrected chi connectivity index (χ4v) is 2.76. The minimum Gasteiger partial charge on any atom is -0.350 e. The SMILES string of the molecule is CCCNC(Cc1ccc(C)cc1Cl)CC1OCCO1. The van der Waals surface area contributed by atoms with E-state index in [0.29, 0.717) is 19.3 Å². The average Bonchev–Trinajstić information content (AvgIpc) is 2.92. The highest BCUT2D eigenvalue weighted by atomic mass is 35.5. The summed E-state index contributed by atoms with van der Waals surface area (Å²) in [4.78, 5) is 0. The molecule has 4 heteroatoms. The number of benzene rings is 1. The summed E-state index contributed by atoms with van der Waals surface area (Å²) in [7, 11) is 0. The topological polar surface area (TPSA) is 30.5 Å². The molecule has 0 aromatic heterocycles. The van der Waals surface area contributed by atoms with Gasteiger partial charge in [-0.3, -0.25) is 0 Å². The quantitative estimate of drug-likeness (QED) is 0.837. The highest BCUT2D eigenvalue weighted by Crippen LogP contribution is 2.21. The molecule has 1 N–H and O–H groups in total. The van der Waals surface area contributed by atoms with Gasteiger partial charge in [0.2, 0.25) is 0 Å². The first-order chi connectivity index (χ1) is 9.69. The van der Waals surface area contributed by atoms with Crippen molar-refractivity contribution in [2.24, 2.45) is 0 Å². The van der Waals surface area contributed by atoms with E-state index in [1.54, 1.807) is 0 Å². The van der Waals surface area contributed by atoms with Crippen LogP contribution in [0.4, 0.5) is 0 Å². The molecule has 3 nitrogen and oxygen atoms in total. The Morgan fingerprint density at radius 1 is 1.35 bits per heavy atom. The molecule has 1 aromatic carbocycles. The van der Waals surface area contributed by atoms with Gasteiger partial charge in [0, 0.05) is 17.5 Å². The van der Waals surface area contributed by atoms with E-state index >= 15 is 0 Å². The number of hydrogen-bond donors (Lipinski definition) is 1. The third kappa shape index (κ3) is 4.74. The smallest absolute Gasteiger partial charge is 0.159 e. The second kappa shape index (κ2) is 7.99. The van der Waals surface area contributed by atoms with Crippen molar-refractivity contribution < 1.29 is 9.47 Å². The zero-order chi connectivity index (χ0) is 14.4. The minimum atomic E-state index is -0.0754. The van der Waals surface area contributed by atoms with E-state index < -0.39 is 0 Å². The van der Waals surface area contributed by atoms with Crippen molar-refractivity contribution in [1.82, 2.24) is 5.32 Å². The van der Waals surface area contributed by atoms with Crippen molar-refractivity contribution in [2.45, 2.75) is 45.4 Å². The summed E-state index contributed by atoms with van der Waals surface area (Å²) < 4.78 is 11.1. The Labute approximate surface area is 126 Å². The van der Waals surface area contributed by atoms with Gasteiger partial charge in [0.15, 0.2) is 6.29 Å². The number of halogens is 1. The van der Waals surface area contributed by atoms with Gasteiger partial charge in [-0.2, -0.15) is 0 Å². The first kappa shape index (κ1) is 15.8. The molecule has 0 amide bonds. The molecule has 0 aliphatic carbocycles. The number of rotatable bonds is 7. The van der Waals surface area contributed by atoms with Crippen LogP contribution in [0.3, 0.4) is 0 Å². The molecule has 0 saturated carbocycles. The number of hydrogen-bond acceptors (Lipinski definition) is 3. The van der Waals surface area contributed by atoms with Crippen LogP contribution in [0.15, 0.2) is 18.2 Å². The zero-order valence-electron chi connectivity index (χ0n) is 12.3. The van der Waals surface area contributed by atoms with Gasteiger partial charge in [0.25, 0.3) is 0 Å². The summed E-state index contributed by atoms with van der Waals surface area (Å²) in [6.07, 6.45) is 2.81. The van der Waals surface area contributed by atoms with Gasteiger partial charge in [-0.25, -0.2) is 0 Å². The van der Waals surface area contributed by atoms with Gasteiger partial charge >= 0.3 is 0 Å². The number of nitrogens with one attached hydrogen (secondary N) is 1. The molecular formula is C16H24ClNO2. The molecule has 1 aromatic rings. The Bertz CT molecular complexity index is 419. The lowest BCUT2D eigenvalue weighted by Crippen LogP contribution is -2.35. The Kier molecular flexibility index (Phi) is 6.30. The van der Waals surface area contributed by atoms with Gasteiger partial charge in [-0.15, -0.1) is 0 Å². The third-order valence-electron chi connectivity index (χ3n) is 3.53. The van der Waals surface area contributed by atoms with Crippen LogP contribution in [-0.4, -0.2) is 32.1 Å². The Morgan fingerprint density at radius 2 is 2.10 bits per heavy atom. The van der Waals surface area contributed by atoms with E-state index in [9.17, 15) is 0 Å². The monoisotopic (exact) mass is 297 g/mol. The predicted octanol–water partition coefficient (Wildman–Crippen LogP) is 3.32. The highest BCUT2D eigenvalue weighted by molar-refractivity contribution is 6.31. The van der Waals surface area contributed by atoms with E-state index in [0.717, 1.165) is 30.8 Å². The van der Waals surface area contributed by atoms with Crippen molar-refractivity contribution in [3.05, 3.63) is 34.3 Å². The Morgan fingerprint density at radius 3 is 2.75 bits per heavy atom. The molecule has 20 heavy (non-hydrogen) atoms. The first-order valence-corrected chi connectivity index (χ1v) is 7.78. The van der Waals surface area contributed by atoms with Crippen molar-refractivity contribution in [3.8, 4) is 0 Å². The standard InChI is InChI=1S/C16H24ClNO2/c1-3-6-18-14(11-16-19-7-8-20-16)10-13-5-4-12(2)9-15(13)17/h4-5,9,14,16,18H,3,6-8,10-11H2,1-2H3. The fraction of sp³-hybridized carbons (Fsp3) is 0.625. The van der Waals surface area contributed by atoms with Crippen molar-refractivity contribution in [3.63, 3.8) is 0 Å². The molecule has 1 saturated heterocycles. The van der Waals surface area contributed by atoms with E-state index in [1.807, 2.05) is 6.07 Å². The van der Waals surface area contributed by atoms with Crippen LogP contribution in [0.1, 0.15) is 30.9 Å². The minimum absolute atomic E-state index is 0.0754. The summed E-state index contributed by atoms with van der Waals surface area (Å²) in [5.41, 5.74) is 2.38. The lowest BCUT2D eigenvalue weighted by Gasteiger charge is -2.22. The van der Waals surface area contributed by atoms with Crippen LogP contribution in [0.25, 0.3) is 0 Å². The van der Waals surface area contributed by atoms with Crippen molar-refractivity contribution in [1.29, 1.82) is 0 Å². The lowest BCUT2D eigenvalue weighted by molar-refractivity contribution is -0.0526. The van der Waals surface area contributed by atoms with Crippen LogP contribution < -0.4 is 5.32 Å². The first-order valence-electron chi connectivity index (χ1n) is 7.40. The molecular weight excluding hydrogens is 274 g/mol. The fourth-order valence-electron chi connectivity index (χ4n) is 2.45. The molecule has 1 heterocycles. The van der Waals surface area contributed by atoms with E-state index in [2.05, 4.69) is 31.3 Å². The molecule has 0 bridgehead atoms. The van der Waals surface area contributed by atoms with Crippen LogP contribution >= 0.6 is 11.6 Å². The molecule has 1 fully saturated rings. The largest absolute Gasteiger partial charge is 0.350 e. The van der Waals surface area contributed by atoms with Crippen molar-refractivity contribution >= 4 is 11.6 Å². The van der Waals surface area contributed by atoms with Crippen LogP contribution in [0, 0.1) is 6.92 Å². The third-order valence-corrected chi connectivity index (χ3v) is 3.88. The highest BCUT2D eigenvalue weighted by Gasteiger charge is 2.21. The normalized spacial score (nSPS) is 17.6. The van der Waals surface area contributed by atoms with Crippen LogP contribution in [0.5, 0.6) is 0 Å². The maximum Gasteiger partial charge on any atom is 0.159 e. The molecule has 2 rings (SSSR count). The van der Waals surface area contributed by atoms with Crippen molar-refractivity contribution in [2.75, 3.05) is 19.8 Å². The summed E-state index contributed by atoms with van der Waals surface area (Å²) in [6, 6.07) is 6.59. The van der Waals surface area contributed by atoms with Crippen LogP contribution in [0.2, 0.25) is 5.02 Å². The molecule has 0 radical (unpaired) electrons. The molecule has 112 valence electrons. The summed E-state index contributed by atoms with van der Waals surface area (Å²) in [5, 5.41) is 4.42. The van der Waals surface area contributed by atoms with Gasteiger partial charge in [0.1, 0.15) is 0 Å². The Hall–Kier alpha value is -0.610. The van der Waals surface area contributed by atoms with E-state index in [-0.39, 0.29) is 6.29 Å². The molecule has 1 unspecified atom stereocenters. The summed E-state index contributed by atoms with van der Waals surface area (Å²) in [6.45, 7) is 6.64. The maximum atomic E-state index is 6.33. The predicted molar refractivity (Wildman–Crippen MR) is 82.3 cm³/mol. The number of aryl methyl sites for hydroxylation is 1. The second-order valence-corrected chi connectivity index (χ2v) is 5.76. The maximum absolute atomic E-state index is 6.33. The molecule has 0 spiro atoms. The van der Waals surface area contributed by atoms with E-state index in [1.165, 1.54) is 11.1 Å². The number of ether oxygens (including phenoxy) is 2. The van der Waals surface area contributed by atoms with Gasteiger partial charge in [-0.05, 0) is 43.5 Å². The molecule has 1 atom stereocenters. The average molecular weight is 298 g/mol. The second-order valence-electron chi connectivity index (χ2n) is 5.36. The van der Waals surface area contributed by atoms with Crippen LogP contribution in [-0.2, 0) is 15.9 Å².